The maximum atomic E-state index is 13.2. The summed E-state index contributed by atoms with van der Waals surface area (Å²) in [5.74, 6) is 0.00351. The fraction of sp³-hybridized carbons (Fsp3) is 0.440. The van der Waals surface area contributed by atoms with Crippen LogP contribution in [0.15, 0.2) is 36.4 Å². The number of nitrogens with one attached hydrogen (secondary N) is 2. The number of amides is 3. The van der Waals surface area contributed by atoms with Crippen LogP contribution in [0.25, 0.3) is 0 Å². The SMILES string of the molecule is CCN(CC)C(=O)c1cc(NC(=O)Nc2ccc(C)c(C)c2)ccc1N1CCCCC1. The van der Waals surface area contributed by atoms with Gasteiger partial charge in [-0.15, -0.1) is 0 Å². The van der Waals surface area contributed by atoms with Crippen molar-refractivity contribution in [3.63, 3.8) is 0 Å². The van der Waals surface area contributed by atoms with Crippen LogP contribution in [0.1, 0.15) is 54.6 Å². The molecule has 2 aromatic carbocycles. The number of nitrogens with zero attached hydrogens (tertiary/aromatic N) is 2. The third-order valence-corrected chi connectivity index (χ3v) is 6.00. The Morgan fingerprint density at radius 2 is 1.48 bits per heavy atom. The van der Waals surface area contributed by atoms with Crippen molar-refractivity contribution in [2.45, 2.75) is 47.0 Å². The fourth-order valence-corrected chi connectivity index (χ4v) is 3.99. The molecule has 1 aliphatic heterocycles. The summed E-state index contributed by atoms with van der Waals surface area (Å²) in [4.78, 5) is 29.9. The monoisotopic (exact) mass is 422 g/mol. The summed E-state index contributed by atoms with van der Waals surface area (Å²) in [6.07, 6.45) is 3.50. The highest BCUT2D eigenvalue weighted by Gasteiger charge is 2.22. The minimum atomic E-state index is -0.324. The third-order valence-electron chi connectivity index (χ3n) is 6.00. The van der Waals surface area contributed by atoms with Gasteiger partial charge in [0.15, 0.2) is 0 Å². The van der Waals surface area contributed by atoms with Crippen LogP contribution in [0, 0.1) is 13.8 Å². The van der Waals surface area contributed by atoms with Gasteiger partial charge in [-0.25, -0.2) is 4.79 Å². The van der Waals surface area contributed by atoms with Gasteiger partial charge < -0.3 is 20.4 Å². The van der Waals surface area contributed by atoms with Crippen LogP contribution in [-0.4, -0.2) is 43.0 Å². The van der Waals surface area contributed by atoms with E-state index in [-0.39, 0.29) is 11.9 Å². The summed E-state index contributed by atoms with van der Waals surface area (Å²) in [5.41, 5.74) is 5.25. The van der Waals surface area contributed by atoms with Gasteiger partial charge in [0.05, 0.1) is 5.56 Å². The van der Waals surface area contributed by atoms with Gasteiger partial charge >= 0.3 is 6.03 Å². The summed E-state index contributed by atoms with van der Waals surface area (Å²) >= 11 is 0. The number of urea groups is 1. The molecule has 1 fully saturated rings. The van der Waals surface area contributed by atoms with Crippen molar-refractivity contribution in [1.82, 2.24) is 4.90 Å². The second-order valence-electron chi connectivity index (χ2n) is 8.14. The van der Waals surface area contributed by atoms with Crippen molar-refractivity contribution >= 4 is 29.0 Å². The molecule has 1 saturated heterocycles. The first-order chi connectivity index (χ1) is 14.9. The van der Waals surface area contributed by atoms with Crippen LogP contribution in [-0.2, 0) is 0 Å². The molecule has 6 nitrogen and oxygen atoms in total. The molecule has 0 radical (unpaired) electrons. The van der Waals surface area contributed by atoms with E-state index >= 15 is 0 Å². The van der Waals surface area contributed by atoms with Crippen LogP contribution in [0.2, 0.25) is 0 Å². The lowest BCUT2D eigenvalue weighted by Gasteiger charge is -2.31. The Morgan fingerprint density at radius 3 is 2.10 bits per heavy atom. The zero-order chi connectivity index (χ0) is 22.4. The van der Waals surface area contributed by atoms with Crippen LogP contribution in [0.5, 0.6) is 0 Å². The largest absolute Gasteiger partial charge is 0.371 e. The zero-order valence-electron chi connectivity index (χ0n) is 19.1. The average Bonchev–Trinajstić information content (AvgIpc) is 2.77. The Kier molecular flexibility index (Phi) is 7.55. The molecule has 0 spiro atoms. The molecule has 3 amide bonds. The molecule has 0 saturated carbocycles. The maximum Gasteiger partial charge on any atom is 0.323 e. The van der Waals surface area contributed by atoms with E-state index in [9.17, 15) is 9.59 Å². The Labute approximate surface area is 185 Å². The molecular weight excluding hydrogens is 388 g/mol. The van der Waals surface area contributed by atoms with Gasteiger partial charge in [0, 0.05) is 43.2 Å². The van der Waals surface area contributed by atoms with Crippen molar-refractivity contribution in [2.24, 2.45) is 0 Å². The Hall–Kier alpha value is -3.02. The highest BCUT2D eigenvalue weighted by Crippen LogP contribution is 2.28. The van der Waals surface area contributed by atoms with Crippen molar-refractivity contribution in [3.8, 4) is 0 Å². The molecule has 2 N–H and O–H groups in total. The van der Waals surface area contributed by atoms with Gasteiger partial charge in [0.25, 0.3) is 5.91 Å². The van der Waals surface area contributed by atoms with E-state index in [2.05, 4.69) is 15.5 Å². The number of carbonyl (C=O) groups is 2. The smallest absolute Gasteiger partial charge is 0.323 e. The van der Waals surface area contributed by atoms with E-state index in [4.69, 9.17) is 0 Å². The third kappa shape index (κ3) is 5.57. The van der Waals surface area contributed by atoms with E-state index < -0.39 is 0 Å². The first kappa shape index (κ1) is 22.7. The standard InChI is InChI=1S/C25H34N4O2/c1-5-28(6-2)24(30)22-17-21(12-13-23(22)29-14-8-7-9-15-29)27-25(31)26-20-11-10-18(3)19(4)16-20/h10-13,16-17H,5-9,14-15H2,1-4H3,(H2,26,27,31). The van der Waals surface area contributed by atoms with Crippen LogP contribution in [0.4, 0.5) is 21.9 Å². The van der Waals surface area contributed by atoms with E-state index in [1.54, 1.807) is 0 Å². The minimum absolute atomic E-state index is 0.00351. The molecule has 3 rings (SSSR count). The first-order valence-corrected chi connectivity index (χ1v) is 11.3. The van der Waals surface area contributed by atoms with E-state index in [0.717, 1.165) is 42.9 Å². The highest BCUT2D eigenvalue weighted by atomic mass is 16.2. The predicted octanol–water partition coefficient (Wildman–Crippen LogP) is 5.42. The number of carbonyl (C=O) groups excluding carboxylic acids is 2. The number of benzene rings is 2. The Morgan fingerprint density at radius 1 is 0.871 bits per heavy atom. The van der Waals surface area contributed by atoms with E-state index in [1.165, 1.54) is 12.0 Å². The summed E-state index contributed by atoms with van der Waals surface area (Å²) in [5, 5.41) is 5.76. The molecule has 166 valence electrons. The molecule has 0 bridgehead atoms. The number of rotatable bonds is 6. The van der Waals surface area contributed by atoms with Gasteiger partial charge in [0.1, 0.15) is 0 Å². The molecular formula is C25H34N4O2. The van der Waals surface area contributed by atoms with Crippen LogP contribution >= 0.6 is 0 Å². The van der Waals surface area contributed by atoms with Gasteiger partial charge in [-0.3, -0.25) is 4.79 Å². The summed E-state index contributed by atoms with van der Waals surface area (Å²) in [6, 6.07) is 11.1. The zero-order valence-corrected chi connectivity index (χ0v) is 19.1. The minimum Gasteiger partial charge on any atom is -0.371 e. The van der Waals surface area contributed by atoms with Crippen molar-refractivity contribution in [3.05, 3.63) is 53.1 Å². The molecule has 6 heteroatoms. The van der Waals surface area contributed by atoms with E-state index in [0.29, 0.717) is 24.3 Å². The number of hydrogen-bond donors (Lipinski definition) is 2. The molecule has 0 aromatic heterocycles. The highest BCUT2D eigenvalue weighted by molar-refractivity contribution is 6.04. The Bertz CT molecular complexity index is 931. The molecule has 1 aliphatic rings. The van der Waals surface area contributed by atoms with Crippen LogP contribution < -0.4 is 15.5 Å². The van der Waals surface area contributed by atoms with E-state index in [1.807, 2.05) is 69.0 Å². The molecule has 1 heterocycles. The molecule has 31 heavy (non-hydrogen) atoms. The number of aryl methyl sites for hydroxylation is 2. The van der Waals surface area contributed by atoms with Gasteiger partial charge in [-0.1, -0.05) is 6.07 Å². The number of anilines is 3. The average molecular weight is 423 g/mol. The number of hydrogen-bond acceptors (Lipinski definition) is 3. The maximum absolute atomic E-state index is 13.2. The first-order valence-electron chi connectivity index (χ1n) is 11.3. The quantitative estimate of drug-likeness (QED) is 0.653. The Balaban J connectivity index is 1.83. The molecule has 2 aromatic rings. The fourth-order valence-electron chi connectivity index (χ4n) is 3.99. The number of piperidine rings is 1. The molecule has 0 aliphatic carbocycles. The molecule has 0 unspecified atom stereocenters. The normalized spacial score (nSPS) is 13.6. The van der Waals surface area contributed by atoms with Crippen LogP contribution in [0.3, 0.4) is 0 Å². The second-order valence-corrected chi connectivity index (χ2v) is 8.14. The van der Waals surface area contributed by atoms with Gasteiger partial charge in [-0.05, 0) is 88.4 Å². The van der Waals surface area contributed by atoms with Crippen molar-refractivity contribution in [2.75, 3.05) is 41.7 Å². The van der Waals surface area contributed by atoms with Gasteiger partial charge in [-0.2, -0.15) is 0 Å². The topological polar surface area (TPSA) is 64.7 Å². The second kappa shape index (κ2) is 10.3. The lowest BCUT2D eigenvalue weighted by atomic mass is 10.1. The predicted molar refractivity (Wildman–Crippen MR) is 128 cm³/mol. The lowest BCUT2D eigenvalue weighted by Crippen LogP contribution is -2.35. The molecule has 0 atom stereocenters. The van der Waals surface area contributed by atoms with Crippen molar-refractivity contribution < 1.29 is 9.59 Å². The summed E-state index contributed by atoms with van der Waals surface area (Å²) in [7, 11) is 0. The summed E-state index contributed by atoms with van der Waals surface area (Å²) < 4.78 is 0. The summed E-state index contributed by atoms with van der Waals surface area (Å²) in [6.45, 7) is 11.2. The van der Waals surface area contributed by atoms with Crippen molar-refractivity contribution in [1.29, 1.82) is 0 Å². The van der Waals surface area contributed by atoms with Gasteiger partial charge in [0.2, 0.25) is 0 Å². The lowest BCUT2D eigenvalue weighted by molar-refractivity contribution is 0.0773.